The molecule has 1 aliphatic heterocycles. The fraction of sp³-hybridized carbons (Fsp3) is 0.381. The molecular weight excluding hydrogens is 454 g/mol. The summed E-state index contributed by atoms with van der Waals surface area (Å²) in [4.78, 5) is 32.8. The van der Waals surface area contributed by atoms with E-state index in [2.05, 4.69) is 4.98 Å². The maximum Gasteiger partial charge on any atom is 0.263 e. The molecule has 4 rings (SSSR count). The third kappa shape index (κ3) is 4.42. The SMILES string of the molecule is CCN(C(=O)CSc1nc2scc(-c3ccccc3)c2c(=O)n1C)[C@@H]1CCS(=O)(=O)C1. The summed E-state index contributed by atoms with van der Waals surface area (Å²) in [5.74, 6) is 0.119. The number of carbonyl (C=O) groups excluding carboxylic acids is 1. The zero-order valence-electron chi connectivity index (χ0n) is 17.3. The van der Waals surface area contributed by atoms with E-state index in [0.29, 0.717) is 28.3 Å². The molecule has 31 heavy (non-hydrogen) atoms. The van der Waals surface area contributed by atoms with Gasteiger partial charge in [0, 0.05) is 30.6 Å². The Hall–Kier alpha value is -2.17. The molecule has 1 amide bonds. The van der Waals surface area contributed by atoms with Gasteiger partial charge in [-0.2, -0.15) is 0 Å². The number of hydrogen-bond donors (Lipinski definition) is 0. The molecule has 0 aliphatic carbocycles. The summed E-state index contributed by atoms with van der Waals surface area (Å²) in [7, 11) is -1.40. The lowest BCUT2D eigenvalue weighted by Gasteiger charge is -2.26. The zero-order chi connectivity index (χ0) is 22.2. The number of hydrogen-bond acceptors (Lipinski definition) is 7. The molecule has 0 spiro atoms. The summed E-state index contributed by atoms with van der Waals surface area (Å²) in [5, 5.41) is 3.00. The van der Waals surface area contributed by atoms with Crippen molar-refractivity contribution in [1.29, 1.82) is 0 Å². The summed E-state index contributed by atoms with van der Waals surface area (Å²) < 4.78 is 25.1. The number of amides is 1. The van der Waals surface area contributed by atoms with Crippen LogP contribution < -0.4 is 5.56 Å². The molecule has 3 heterocycles. The quantitative estimate of drug-likeness (QED) is 0.401. The first-order valence-corrected chi connectivity index (χ1v) is 13.7. The van der Waals surface area contributed by atoms with Gasteiger partial charge < -0.3 is 4.90 Å². The molecule has 2 aromatic heterocycles. The van der Waals surface area contributed by atoms with Crippen LogP contribution >= 0.6 is 23.1 Å². The average Bonchev–Trinajstić information content (AvgIpc) is 3.34. The number of sulfone groups is 1. The normalized spacial score (nSPS) is 17.8. The highest BCUT2D eigenvalue weighted by Crippen LogP contribution is 2.32. The first-order valence-electron chi connectivity index (χ1n) is 9.97. The average molecular weight is 478 g/mol. The van der Waals surface area contributed by atoms with Crippen molar-refractivity contribution in [2.75, 3.05) is 23.8 Å². The Morgan fingerprint density at radius 1 is 1.32 bits per heavy atom. The molecule has 0 saturated carbocycles. The topological polar surface area (TPSA) is 89.3 Å². The van der Waals surface area contributed by atoms with Crippen LogP contribution in [-0.4, -0.2) is 58.6 Å². The second-order valence-electron chi connectivity index (χ2n) is 7.48. The Kier molecular flexibility index (Phi) is 6.23. The van der Waals surface area contributed by atoms with Crippen LogP contribution in [0.2, 0.25) is 0 Å². The molecular formula is C21H23N3O4S3. The van der Waals surface area contributed by atoms with Crippen molar-refractivity contribution in [3.05, 3.63) is 46.1 Å². The molecule has 0 radical (unpaired) electrons. The van der Waals surface area contributed by atoms with Crippen LogP contribution in [-0.2, 0) is 21.7 Å². The van der Waals surface area contributed by atoms with Gasteiger partial charge in [0.1, 0.15) is 4.83 Å². The van der Waals surface area contributed by atoms with Crippen LogP contribution in [0.5, 0.6) is 0 Å². The smallest absolute Gasteiger partial charge is 0.263 e. The van der Waals surface area contributed by atoms with Crippen molar-refractivity contribution in [1.82, 2.24) is 14.5 Å². The summed E-state index contributed by atoms with van der Waals surface area (Å²) in [6, 6.07) is 9.45. The molecule has 164 valence electrons. The Morgan fingerprint density at radius 3 is 2.71 bits per heavy atom. The third-order valence-corrected chi connectivity index (χ3v) is 9.13. The van der Waals surface area contributed by atoms with Gasteiger partial charge in [0.05, 0.1) is 22.6 Å². The van der Waals surface area contributed by atoms with Crippen LogP contribution in [0.25, 0.3) is 21.3 Å². The molecule has 1 atom stereocenters. The van der Waals surface area contributed by atoms with E-state index in [1.54, 1.807) is 11.9 Å². The van der Waals surface area contributed by atoms with Gasteiger partial charge in [-0.05, 0) is 18.9 Å². The van der Waals surface area contributed by atoms with Gasteiger partial charge in [0.25, 0.3) is 5.56 Å². The number of carbonyl (C=O) groups is 1. The van der Waals surface area contributed by atoms with Crippen molar-refractivity contribution in [2.24, 2.45) is 7.05 Å². The van der Waals surface area contributed by atoms with E-state index in [9.17, 15) is 18.0 Å². The molecule has 1 fully saturated rings. The van der Waals surface area contributed by atoms with E-state index in [0.717, 1.165) is 11.1 Å². The summed E-state index contributed by atoms with van der Waals surface area (Å²) in [6.45, 7) is 2.31. The lowest BCUT2D eigenvalue weighted by molar-refractivity contribution is -0.129. The Bertz CT molecular complexity index is 1280. The van der Waals surface area contributed by atoms with E-state index in [1.807, 2.05) is 42.6 Å². The fourth-order valence-corrected chi connectivity index (χ4v) is 7.46. The van der Waals surface area contributed by atoms with E-state index in [-0.39, 0.29) is 34.8 Å². The van der Waals surface area contributed by atoms with Crippen LogP contribution in [0, 0.1) is 0 Å². The summed E-state index contributed by atoms with van der Waals surface area (Å²) in [6.07, 6.45) is 0.479. The van der Waals surface area contributed by atoms with Gasteiger partial charge in [-0.25, -0.2) is 13.4 Å². The molecule has 0 unspecified atom stereocenters. The standard InChI is InChI=1S/C21H23N3O4S3/c1-3-24(15-9-10-31(27,28)13-15)17(25)12-30-21-22-19-18(20(26)23(21)2)16(11-29-19)14-7-5-4-6-8-14/h4-8,11,15H,3,9-10,12-13H2,1-2H3/t15-/m1/s1. The van der Waals surface area contributed by atoms with Gasteiger partial charge in [0.2, 0.25) is 5.91 Å². The van der Waals surface area contributed by atoms with Crippen LogP contribution in [0.3, 0.4) is 0 Å². The highest BCUT2D eigenvalue weighted by Gasteiger charge is 2.33. The molecule has 1 aliphatic rings. The number of thiophene rings is 1. The highest BCUT2D eigenvalue weighted by molar-refractivity contribution is 7.99. The molecule has 0 N–H and O–H groups in total. The summed E-state index contributed by atoms with van der Waals surface area (Å²) >= 11 is 2.62. The first kappa shape index (κ1) is 22.0. The van der Waals surface area contributed by atoms with Gasteiger partial charge in [-0.1, -0.05) is 42.1 Å². The molecule has 3 aromatic rings. The van der Waals surface area contributed by atoms with E-state index >= 15 is 0 Å². The van der Waals surface area contributed by atoms with Gasteiger partial charge in [0.15, 0.2) is 15.0 Å². The predicted octanol–water partition coefficient (Wildman–Crippen LogP) is 2.79. The second-order valence-corrected chi connectivity index (χ2v) is 11.5. The Labute approximate surface area is 189 Å². The van der Waals surface area contributed by atoms with Crippen molar-refractivity contribution < 1.29 is 13.2 Å². The fourth-order valence-electron chi connectivity index (χ4n) is 3.88. The molecule has 1 saturated heterocycles. The van der Waals surface area contributed by atoms with Crippen molar-refractivity contribution in [3.63, 3.8) is 0 Å². The molecule has 1 aromatic carbocycles. The third-order valence-electron chi connectivity index (χ3n) is 5.49. The maximum atomic E-state index is 13.1. The lowest BCUT2D eigenvalue weighted by atomic mass is 10.1. The van der Waals surface area contributed by atoms with Crippen molar-refractivity contribution in [3.8, 4) is 11.1 Å². The largest absolute Gasteiger partial charge is 0.338 e. The Morgan fingerprint density at radius 2 is 2.06 bits per heavy atom. The minimum atomic E-state index is -3.07. The van der Waals surface area contributed by atoms with Gasteiger partial charge in [-0.3, -0.25) is 14.2 Å². The number of nitrogens with zero attached hydrogens (tertiary/aromatic N) is 3. The van der Waals surface area contributed by atoms with E-state index in [1.165, 1.54) is 27.7 Å². The number of thioether (sulfide) groups is 1. The number of benzene rings is 1. The molecule has 7 nitrogen and oxygen atoms in total. The zero-order valence-corrected chi connectivity index (χ0v) is 19.7. The monoisotopic (exact) mass is 477 g/mol. The van der Waals surface area contributed by atoms with E-state index < -0.39 is 9.84 Å². The number of fused-ring (bicyclic) bond motifs is 1. The highest BCUT2D eigenvalue weighted by atomic mass is 32.2. The first-order chi connectivity index (χ1) is 14.8. The van der Waals surface area contributed by atoms with Crippen molar-refractivity contribution >= 4 is 49.1 Å². The van der Waals surface area contributed by atoms with Crippen LogP contribution in [0.1, 0.15) is 13.3 Å². The van der Waals surface area contributed by atoms with Crippen LogP contribution in [0.15, 0.2) is 45.7 Å². The maximum absolute atomic E-state index is 13.1. The van der Waals surface area contributed by atoms with Gasteiger partial charge >= 0.3 is 0 Å². The minimum absolute atomic E-state index is 0.0252. The van der Waals surface area contributed by atoms with Gasteiger partial charge in [-0.15, -0.1) is 11.3 Å². The van der Waals surface area contributed by atoms with Crippen LogP contribution in [0.4, 0.5) is 0 Å². The van der Waals surface area contributed by atoms with E-state index in [4.69, 9.17) is 0 Å². The molecule has 10 heteroatoms. The number of rotatable bonds is 6. The second kappa shape index (κ2) is 8.76. The Balaban J connectivity index is 1.56. The summed E-state index contributed by atoms with van der Waals surface area (Å²) in [5.41, 5.74) is 1.68. The number of aromatic nitrogens is 2. The minimum Gasteiger partial charge on any atom is -0.338 e. The lowest BCUT2D eigenvalue weighted by Crippen LogP contribution is -2.42. The predicted molar refractivity (Wildman–Crippen MR) is 125 cm³/mol. The molecule has 0 bridgehead atoms. The van der Waals surface area contributed by atoms with Crippen molar-refractivity contribution in [2.45, 2.75) is 24.5 Å².